The summed E-state index contributed by atoms with van der Waals surface area (Å²) in [5.41, 5.74) is 0. The number of rotatable bonds is 6. The summed E-state index contributed by atoms with van der Waals surface area (Å²) in [7, 11) is 0. The molecule has 2 aromatic rings. The zero-order valence-electron chi connectivity index (χ0n) is 11.4. The topological polar surface area (TPSA) is 37.8 Å². The lowest BCUT2D eigenvalue weighted by molar-refractivity contribution is 0.475. The molecule has 0 fully saturated rings. The van der Waals surface area contributed by atoms with E-state index in [0.29, 0.717) is 5.92 Å². The zero-order chi connectivity index (χ0) is 13.7. The first kappa shape index (κ1) is 14.1. The van der Waals surface area contributed by atoms with E-state index in [9.17, 15) is 0 Å². The molecule has 0 aliphatic heterocycles. The highest BCUT2D eigenvalue weighted by Crippen LogP contribution is 2.22. The Bertz CT molecular complexity index is 520. The molecule has 3 nitrogen and oxygen atoms in total. The Morgan fingerprint density at radius 1 is 1.21 bits per heavy atom. The average molecular weight is 278 g/mol. The summed E-state index contributed by atoms with van der Waals surface area (Å²) >= 11 is 6.44. The maximum Gasteiger partial charge on any atom is 0.156 e. The van der Waals surface area contributed by atoms with Gasteiger partial charge in [-0.3, -0.25) is 0 Å². The van der Waals surface area contributed by atoms with Gasteiger partial charge in [-0.2, -0.15) is 5.10 Å². The van der Waals surface area contributed by atoms with E-state index in [-0.39, 0.29) is 5.38 Å². The number of halogens is 1. The molecule has 1 aromatic heterocycles. The first-order valence-electron chi connectivity index (χ1n) is 6.84. The molecule has 1 atom stereocenters. The molecule has 102 valence electrons. The molecule has 0 aliphatic carbocycles. The van der Waals surface area contributed by atoms with Crippen molar-refractivity contribution in [3.63, 3.8) is 0 Å². The number of alkyl halides is 1. The van der Waals surface area contributed by atoms with Crippen molar-refractivity contribution >= 4 is 28.2 Å². The van der Waals surface area contributed by atoms with E-state index in [0.717, 1.165) is 36.0 Å². The highest BCUT2D eigenvalue weighted by molar-refractivity contribution is 6.21. The molecule has 1 unspecified atom stereocenters. The van der Waals surface area contributed by atoms with Gasteiger partial charge in [0.25, 0.3) is 0 Å². The molecule has 2 rings (SSSR count). The maximum absolute atomic E-state index is 6.44. The van der Waals surface area contributed by atoms with E-state index in [1.807, 2.05) is 24.3 Å². The van der Waals surface area contributed by atoms with E-state index in [1.165, 1.54) is 0 Å². The Kier molecular flexibility index (Phi) is 4.97. The third-order valence-electron chi connectivity index (χ3n) is 3.60. The van der Waals surface area contributed by atoms with Gasteiger partial charge in [-0.1, -0.05) is 51.0 Å². The molecule has 1 N–H and O–H groups in total. The minimum Gasteiger partial charge on any atom is -0.367 e. The largest absolute Gasteiger partial charge is 0.367 e. The number of nitrogens with zero attached hydrogens (tertiary/aromatic N) is 2. The van der Waals surface area contributed by atoms with E-state index < -0.39 is 0 Å². The second-order valence-corrected chi connectivity index (χ2v) is 5.31. The van der Waals surface area contributed by atoms with Crippen LogP contribution in [0.5, 0.6) is 0 Å². The third kappa shape index (κ3) is 3.35. The lowest BCUT2D eigenvalue weighted by Crippen LogP contribution is -2.23. The zero-order valence-corrected chi connectivity index (χ0v) is 12.2. The maximum atomic E-state index is 6.44. The smallest absolute Gasteiger partial charge is 0.156 e. The van der Waals surface area contributed by atoms with Gasteiger partial charge in [-0.25, -0.2) is 0 Å². The molecule has 0 amide bonds. The monoisotopic (exact) mass is 277 g/mol. The van der Waals surface area contributed by atoms with Crippen molar-refractivity contribution < 1.29 is 0 Å². The van der Waals surface area contributed by atoms with E-state index in [1.54, 1.807) is 6.20 Å². The van der Waals surface area contributed by atoms with Crippen molar-refractivity contribution in [3.05, 3.63) is 30.5 Å². The Morgan fingerprint density at radius 2 is 1.95 bits per heavy atom. The average Bonchev–Trinajstić information content (AvgIpc) is 2.46. The highest BCUT2D eigenvalue weighted by Gasteiger charge is 2.16. The summed E-state index contributed by atoms with van der Waals surface area (Å²) in [6.07, 6.45) is 3.99. The van der Waals surface area contributed by atoms with Crippen molar-refractivity contribution in [1.82, 2.24) is 10.2 Å². The van der Waals surface area contributed by atoms with E-state index >= 15 is 0 Å². The fourth-order valence-electron chi connectivity index (χ4n) is 2.32. The third-order valence-corrected chi connectivity index (χ3v) is 4.11. The lowest BCUT2D eigenvalue weighted by Gasteiger charge is -2.20. The number of fused-ring (bicyclic) bond motifs is 1. The van der Waals surface area contributed by atoms with Crippen LogP contribution in [-0.4, -0.2) is 22.1 Å². The molecular formula is C15H20ClN3. The van der Waals surface area contributed by atoms with Crippen molar-refractivity contribution in [2.24, 2.45) is 5.92 Å². The number of benzene rings is 1. The minimum atomic E-state index is 0.121. The molecule has 4 heteroatoms. The molecule has 0 bridgehead atoms. The number of hydrogen-bond donors (Lipinski definition) is 1. The fraction of sp³-hybridized carbons (Fsp3) is 0.467. The molecule has 0 radical (unpaired) electrons. The summed E-state index contributed by atoms with van der Waals surface area (Å²) in [6, 6.07) is 8.09. The van der Waals surface area contributed by atoms with Gasteiger partial charge in [-0.15, -0.1) is 16.7 Å². The first-order valence-corrected chi connectivity index (χ1v) is 7.28. The summed E-state index contributed by atoms with van der Waals surface area (Å²) in [5.74, 6) is 1.35. The van der Waals surface area contributed by atoms with Gasteiger partial charge < -0.3 is 5.32 Å². The summed E-state index contributed by atoms with van der Waals surface area (Å²) in [5, 5.41) is 13.8. The summed E-state index contributed by atoms with van der Waals surface area (Å²) < 4.78 is 0. The van der Waals surface area contributed by atoms with Crippen molar-refractivity contribution in [3.8, 4) is 0 Å². The van der Waals surface area contributed by atoms with E-state index in [2.05, 4.69) is 29.4 Å². The Hall–Kier alpha value is -1.35. The van der Waals surface area contributed by atoms with Gasteiger partial charge in [0.2, 0.25) is 0 Å². The first-order chi connectivity index (χ1) is 9.26. The van der Waals surface area contributed by atoms with Gasteiger partial charge in [0.1, 0.15) is 0 Å². The summed E-state index contributed by atoms with van der Waals surface area (Å²) in [6.45, 7) is 5.08. The van der Waals surface area contributed by atoms with Crippen LogP contribution < -0.4 is 5.32 Å². The van der Waals surface area contributed by atoms with Gasteiger partial charge in [0.05, 0.1) is 11.6 Å². The summed E-state index contributed by atoms with van der Waals surface area (Å²) in [4.78, 5) is 0. The van der Waals surface area contributed by atoms with Gasteiger partial charge in [0.15, 0.2) is 5.82 Å². The minimum absolute atomic E-state index is 0.121. The van der Waals surface area contributed by atoms with Crippen LogP contribution in [0.4, 0.5) is 5.82 Å². The van der Waals surface area contributed by atoms with Crippen LogP contribution in [0.2, 0.25) is 0 Å². The molecule has 0 spiro atoms. The van der Waals surface area contributed by atoms with Crippen molar-refractivity contribution in [2.45, 2.75) is 32.1 Å². The highest BCUT2D eigenvalue weighted by atomic mass is 35.5. The van der Waals surface area contributed by atoms with Gasteiger partial charge >= 0.3 is 0 Å². The van der Waals surface area contributed by atoms with Crippen LogP contribution in [0.15, 0.2) is 30.5 Å². The van der Waals surface area contributed by atoms with Crippen LogP contribution in [-0.2, 0) is 0 Å². The predicted octanol–water partition coefficient (Wildman–Crippen LogP) is 4.09. The lowest BCUT2D eigenvalue weighted by atomic mass is 9.99. The Labute approximate surface area is 119 Å². The van der Waals surface area contributed by atoms with Gasteiger partial charge in [0, 0.05) is 17.3 Å². The van der Waals surface area contributed by atoms with Crippen molar-refractivity contribution in [1.29, 1.82) is 0 Å². The fourth-order valence-corrected chi connectivity index (χ4v) is 2.75. The molecule has 1 heterocycles. The number of hydrogen-bond acceptors (Lipinski definition) is 3. The quantitative estimate of drug-likeness (QED) is 0.808. The standard InChI is InChI=1S/C15H20ClN3/c1-3-11(4-2)14(16)10-17-15-13-8-6-5-7-12(13)9-18-19-15/h5-9,11,14H,3-4,10H2,1-2H3,(H,17,19). The molecule has 0 saturated carbocycles. The van der Waals surface area contributed by atoms with Crippen LogP contribution in [0.3, 0.4) is 0 Å². The Balaban J connectivity index is 2.09. The van der Waals surface area contributed by atoms with Crippen LogP contribution in [0.25, 0.3) is 10.8 Å². The SMILES string of the molecule is CCC(CC)C(Cl)CNc1nncc2ccccc12. The number of anilines is 1. The van der Waals surface area contributed by atoms with Crippen LogP contribution in [0.1, 0.15) is 26.7 Å². The molecule has 0 saturated heterocycles. The molecular weight excluding hydrogens is 258 g/mol. The van der Waals surface area contributed by atoms with E-state index in [4.69, 9.17) is 11.6 Å². The van der Waals surface area contributed by atoms with Crippen molar-refractivity contribution in [2.75, 3.05) is 11.9 Å². The van der Waals surface area contributed by atoms with Crippen LogP contribution >= 0.6 is 11.6 Å². The molecule has 19 heavy (non-hydrogen) atoms. The number of nitrogens with one attached hydrogen (secondary N) is 1. The Morgan fingerprint density at radius 3 is 2.68 bits per heavy atom. The number of aromatic nitrogens is 2. The van der Waals surface area contributed by atoms with Crippen LogP contribution in [0, 0.1) is 5.92 Å². The predicted molar refractivity (Wildman–Crippen MR) is 81.7 cm³/mol. The second kappa shape index (κ2) is 6.71. The van der Waals surface area contributed by atoms with Gasteiger partial charge in [-0.05, 0) is 5.92 Å². The molecule has 0 aliphatic rings. The second-order valence-electron chi connectivity index (χ2n) is 4.75. The molecule has 1 aromatic carbocycles. The normalized spacial score (nSPS) is 12.8.